The van der Waals surface area contributed by atoms with E-state index in [0.717, 1.165) is 0 Å². The van der Waals surface area contributed by atoms with Crippen molar-refractivity contribution in [1.82, 2.24) is 19.8 Å². The van der Waals surface area contributed by atoms with Gasteiger partial charge in [0.05, 0.1) is 18.9 Å². The minimum absolute atomic E-state index is 0.0775. The summed E-state index contributed by atoms with van der Waals surface area (Å²) >= 11 is 0. The van der Waals surface area contributed by atoms with Crippen LogP contribution in [0.25, 0.3) is 0 Å². The number of aromatic nitrogens is 2. The molecule has 1 aliphatic rings. The molecule has 0 radical (unpaired) electrons. The van der Waals surface area contributed by atoms with E-state index >= 15 is 0 Å². The van der Waals surface area contributed by atoms with E-state index in [1.165, 1.54) is 18.6 Å². The van der Waals surface area contributed by atoms with Crippen molar-refractivity contribution in [2.45, 2.75) is 6.42 Å². The van der Waals surface area contributed by atoms with Gasteiger partial charge in [-0.1, -0.05) is 12.1 Å². The molecule has 2 heterocycles. The number of rotatable bonds is 3. The van der Waals surface area contributed by atoms with Crippen LogP contribution in [0.5, 0.6) is 5.75 Å². The van der Waals surface area contributed by atoms with E-state index in [2.05, 4.69) is 9.97 Å². The van der Waals surface area contributed by atoms with E-state index in [1.54, 1.807) is 29.0 Å². The zero-order valence-electron chi connectivity index (χ0n) is 14.1. The Balaban J connectivity index is 1.69. The van der Waals surface area contributed by atoms with Crippen LogP contribution in [0, 0.1) is 0 Å². The van der Waals surface area contributed by atoms with Gasteiger partial charge in [0.1, 0.15) is 11.4 Å². The maximum Gasteiger partial charge on any atom is 0.274 e. The quantitative estimate of drug-likeness (QED) is 0.846. The summed E-state index contributed by atoms with van der Waals surface area (Å²) in [5, 5.41) is 0. The first-order valence-electron chi connectivity index (χ1n) is 8.18. The summed E-state index contributed by atoms with van der Waals surface area (Å²) in [6, 6.07) is 7.18. The van der Waals surface area contributed by atoms with Crippen LogP contribution >= 0.6 is 0 Å². The molecule has 2 aromatic rings. The summed E-state index contributed by atoms with van der Waals surface area (Å²) in [4.78, 5) is 36.8. The van der Waals surface area contributed by atoms with Gasteiger partial charge < -0.3 is 14.5 Å². The number of para-hydroxylation sites is 1. The van der Waals surface area contributed by atoms with Crippen LogP contribution < -0.4 is 4.74 Å². The predicted octanol–water partition coefficient (Wildman–Crippen LogP) is 1.47. The highest BCUT2D eigenvalue weighted by Gasteiger charge is 2.25. The maximum atomic E-state index is 12.8. The Morgan fingerprint density at radius 2 is 1.72 bits per heavy atom. The summed E-state index contributed by atoms with van der Waals surface area (Å²) in [6.45, 7) is 2.13. The van der Waals surface area contributed by atoms with Gasteiger partial charge in [-0.2, -0.15) is 0 Å². The molecule has 1 fully saturated rings. The third kappa shape index (κ3) is 3.76. The second-order valence-electron chi connectivity index (χ2n) is 5.73. The van der Waals surface area contributed by atoms with Gasteiger partial charge in [0.2, 0.25) is 0 Å². The lowest BCUT2D eigenvalue weighted by molar-refractivity contribution is 0.0713. The van der Waals surface area contributed by atoms with Crippen LogP contribution in [0.4, 0.5) is 0 Å². The highest BCUT2D eigenvalue weighted by Crippen LogP contribution is 2.20. The van der Waals surface area contributed by atoms with Crippen molar-refractivity contribution >= 4 is 11.8 Å². The zero-order chi connectivity index (χ0) is 17.6. The fourth-order valence-electron chi connectivity index (χ4n) is 2.89. The van der Waals surface area contributed by atoms with Gasteiger partial charge in [0, 0.05) is 38.6 Å². The first-order valence-corrected chi connectivity index (χ1v) is 8.18. The molecule has 7 nitrogen and oxygen atoms in total. The van der Waals surface area contributed by atoms with E-state index in [-0.39, 0.29) is 11.8 Å². The third-order valence-corrected chi connectivity index (χ3v) is 4.19. The normalized spacial score (nSPS) is 14.8. The lowest BCUT2D eigenvalue weighted by Gasteiger charge is -2.22. The molecule has 0 bridgehead atoms. The standard InChI is InChI=1S/C18H20N4O3/c1-25-16-6-3-2-5-14(16)17(23)21-9-4-10-22(12-11-21)18(24)15-13-19-7-8-20-15/h2-3,5-8,13H,4,9-12H2,1H3. The smallest absolute Gasteiger partial charge is 0.274 e. The number of carbonyl (C=O) groups is 2. The Morgan fingerprint density at radius 1 is 1.00 bits per heavy atom. The lowest BCUT2D eigenvalue weighted by Crippen LogP contribution is -2.37. The van der Waals surface area contributed by atoms with E-state index in [0.29, 0.717) is 49.6 Å². The first kappa shape index (κ1) is 16.9. The second kappa shape index (κ2) is 7.74. The average molecular weight is 340 g/mol. The molecule has 0 aliphatic carbocycles. The van der Waals surface area contributed by atoms with Crippen LogP contribution in [-0.2, 0) is 0 Å². The van der Waals surface area contributed by atoms with E-state index in [1.807, 2.05) is 12.1 Å². The third-order valence-electron chi connectivity index (χ3n) is 4.19. The summed E-state index contributed by atoms with van der Waals surface area (Å²) in [6.07, 6.45) is 5.22. The molecule has 1 aromatic carbocycles. The largest absolute Gasteiger partial charge is 0.496 e. The van der Waals surface area contributed by atoms with Gasteiger partial charge in [-0.15, -0.1) is 0 Å². The maximum absolute atomic E-state index is 12.8. The molecule has 130 valence electrons. The molecule has 0 atom stereocenters. The summed E-state index contributed by atoms with van der Waals surface area (Å²) in [5.41, 5.74) is 0.866. The molecule has 0 saturated carbocycles. The molecule has 0 unspecified atom stereocenters. The molecule has 2 amide bonds. The van der Waals surface area contributed by atoms with Gasteiger partial charge in [0.25, 0.3) is 11.8 Å². The van der Waals surface area contributed by atoms with E-state index in [9.17, 15) is 9.59 Å². The highest BCUT2D eigenvalue weighted by atomic mass is 16.5. The summed E-state index contributed by atoms with van der Waals surface area (Å²) in [7, 11) is 1.55. The molecule has 1 aromatic heterocycles. The van der Waals surface area contributed by atoms with Gasteiger partial charge in [-0.25, -0.2) is 4.98 Å². The number of benzene rings is 1. The fraction of sp³-hybridized carbons (Fsp3) is 0.333. The zero-order valence-corrected chi connectivity index (χ0v) is 14.1. The monoisotopic (exact) mass is 340 g/mol. The SMILES string of the molecule is COc1ccccc1C(=O)N1CCCN(C(=O)c2cnccn2)CC1. The molecule has 0 N–H and O–H groups in total. The summed E-state index contributed by atoms with van der Waals surface area (Å²) in [5.74, 6) is 0.329. The van der Waals surface area contributed by atoms with Crippen molar-refractivity contribution in [3.8, 4) is 5.75 Å². The van der Waals surface area contributed by atoms with Gasteiger partial charge in [0.15, 0.2) is 0 Å². The number of amides is 2. The molecule has 1 saturated heterocycles. The van der Waals surface area contributed by atoms with E-state index in [4.69, 9.17) is 4.74 Å². The Kier molecular flexibility index (Phi) is 5.23. The van der Waals surface area contributed by atoms with Crippen molar-refractivity contribution in [3.05, 3.63) is 54.1 Å². The topological polar surface area (TPSA) is 75.6 Å². The molecular formula is C18H20N4O3. The molecular weight excluding hydrogens is 320 g/mol. The Morgan fingerprint density at radius 3 is 2.40 bits per heavy atom. The minimum atomic E-state index is -0.153. The van der Waals surface area contributed by atoms with Crippen LogP contribution in [0.2, 0.25) is 0 Å². The van der Waals surface area contributed by atoms with Crippen molar-refractivity contribution in [1.29, 1.82) is 0 Å². The van der Waals surface area contributed by atoms with Crippen LogP contribution in [-0.4, -0.2) is 64.9 Å². The van der Waals surface area contributed by atoms with Gasteiger partial charge in [-0.05, 0) is 18.6 Å². The van der Waals surface area contributed by atoms with Gasteiger partial charge >= 0.3 is 0 Å². The predicted molar refractivity (Wildman–Crippen MR) is 91.5 cm³/mol. The van der Waals surface area contributed by atoms with Gasteiger partial charge in [-0.3, -0.25) is 14.6 Å². The lowest BCUT2D eigenvalue weighted by atomic mass is 10.1. The Labute approximate surface area is 146 Å². The fourth-order valence-corrected chi connectivity index (χ4v) is 2.89. The molecule has 0 spiro atoms. The number of ether oxygens (including phenoxy) is 1. The number of nitrogens with zero attached hydrogens (tertiary/aromatic N) is 4. The van der Waals surface area contributed by atoms with Crippen LogP contribution in [0.3, 0.4) is 0 Å². The van der Waals surface area contributed by atoms with Crippen molar-refractivity contribution < 1.29 is 14.3 Å². The number of methoxy groups -OCH3 is 1. The molecule has 3 rings (SSSR count). The molecule has 25 heavy (non-hydrogen) atoms. The van der Waals surface area contributed by atoms with Crippen molar-refractivity contribution in [2.24, 2.45) is 0 Å². The Bertz CT molecular complexity index is 751. The first-order chi connectivity index (χ1) is 12.2. The molecule has 7 heteroatoms. The molecule has 1 aliphatic heterocycles. The Hall–Kier alpha value is -2.96. The van der Waals surface area contributed by atoms with E-state index < -0.39 is 0 Å². The van der Waals surface area contributed by atoms with Crippen LogP contribution in [0.1, 0.15) is 27.3 Å². The number of hydrogen-bond acceptors (Lipinski definition) is 5. The second-order valence-corrected chi connectivity index (χ2v) is 5.73. The average Bonchev–Trinajstić information content (AvgIpc) is 2.93. The highest BCUT2D eigenvalue weighted by molar-refractivity contribution is 5.97. The minimum Gasteiger partial charge on any atom is -0.496 e. The van der Waals surface area contributed by atoms with Crippen molar-refractivity contribution in [3.63, 3.8) is 0 Å². The summed E-state index contributed by atoms with van der Waals surface area (Å²) < 4.78 is 5.28. The van der Waals surface area contributed by atoms with Crippen LogP contribution in [0.15, 0.2) is 42.9 Å². The number of carbonyl (C=O) groups excluding carboxylic acids is 2. The number of hydrogen-bond donors (Lipinski definition) is 0. The van der Waals surface area contributed by atoms with Crippen molar-refractivity contribution in [2.75, 3.05) is 33.3 Å².